The van der Waals surface area contributed by atoms with Crippen LogP contribution in [0.25, 0.3) is 0 Å². The van der Waals surface area contributed by atoms with Crippen LogP contribution in [0, 0.1) is 5.92 Å². The zero-order chi connectivity index (χ0) is 13.8. The van der Waals surface area contributed by atoms with Gasteiger partial charge in [-0.1, -0.05) is 25.8 Å². The van der Waals surface area contributed by atoms with E-state index in [0.29, 0.717) is 6.04 Å². The van der Waals surface area contributed by atoms with Crippen LogP contribution in [0.5, 0.6) is 11.5 Å². The minimum atomic E-state index is 0.108. The SMILES string of the molecule is CC1CCCC(NC(C)c2ccc(O)cc2O)CC1. The number of rotatable bonds is 3. The third-order valence-electron chi connectivity index (χ3n) is 4.22. The van der Waals surface area contributed by atoms with Crippen molar-refractivity contribution >= 4 is 0 Å². The molecule has 3 heteroatoms. The summed E-state index contributed by atoms with van der Waals surface area (Å²) in [5, 5.41) is 22.8. The van der Waals surface area contributed by atoms with Crippen LogP contribution >= 0.6 is 0 Å². The van der Waals surface area contributed by atoms with Crippen LogP contribution < -0.4 is 5.32 Å². The molecule has 3 nitrogen and oxygen atoms in total. The Morgan fingerprint density at radius 2 is 1.95 bits per heavy atom. The molecule has 3 atom stereocenters. The van der Waals surface area contributed by atoms with Crippen molar-refractivity contribution < 1.29 is 10.2 Å². The number of phenolic OH excluding ortho intramolecular Hbond substituents is 2. The Balaban J connectivity index is 1.98. The van der Waals surface area contributed by atoms with Crippen LogP contribution in [0.4, 0.5) is 0 Å². The van der Waals surface area contributed by atoms with Gasteiger partial charge in [-0.05, 0) is 38.2 Å². The summed E-state index contributed by atoms with van der Waals surface area (Å²) < 4.78 is 0. The van der Waals surface area contributed by atoms with Gasteiger partial charge in [-0.15, -0.1) is 0 Å². The highest BCUT2D eigenvalue weighted by Crippen LogP contribution is 2.30. The van der Waals surface area contributed by atoms with Crippen molar-refractivity contribution in [3.63, 3.8) is 0 Å². The monoisotopic (exact) mass is 263 g/mol. The summed E-state index contributed by atoms with van der Waals surface area (Å²) in [5.41, 5.74) is 0.857. The van der Waals surface area contributed by atoms with Gasteiger partial charge in [0.05, 0.1) is 0 Å². The predicted octanol–water partition coefficient (Wildman–Crippen LogP) is 3.72. The van der Waals surface area contributed by atoms with E-state index >= 15 is 0 Å². The maximum atomic E-state index is 9.89. The molecule has 0 aliphatic heterocycles. The second-order valence-electron chi connectivity index (χ2n) is 5.94. The highest BCUT2D eigenvalue weighted by Gasteiger charge is 2.19. The fraction of sp³-hybridized carbons (Fsp3) is 0.625. The summed E-state index contributed by atoms with van der Waals surface area (Å²) >= 11 is 0. The molecule has 0 amide bonds. The third kappa shape index (κ3) is 3.87. The van der Waals surface area contributed by atoms with Crippen molar-refractivity contribution in [2.75, 3.05) is 0 Å². The molecule has 1 aliphatic carbocycles. The molecule has 1 aromatic rings. The fourth-order valence-electron chi connectivity index (χ4n) is 3.00. The van der Waals surface area contributed by atoms with E-state index in [1.807, 2.05) is 0 Å². The first-order chi connectivity index (χ1) is 9.06. The lowest BCUT2D eigenvalue weighted by molar-refractivity contribution is 0.392. The molecule has 3 N–H and O–H groups in total. The van der Waals surface area contributed by atoms with E-state index in [4.69, 9.17) is 0 Å². The Kier molecular flexibility index (Phi) is 4.70. The van der Waals surface area contributed by atoms with Gasteiger partial charge in [0.15, 0.2) is 0 Å². The minimum Gasteiger partial charge on any atom is -0.508 e. The molecule has 2 rings (SSSR count). The van der Waals surface area contributed by atoms with Crippen molar-refractivity contribution in [2.45, 2.75) is 58.0 Å². The zero-order valence-electron chi connectivity index (χ0n) is 11.9. The van der Waals surface area contributed by atoms with Gasteiger partial charge in [-0.3, -0.25) is 0 Å². The predicted molar refractivity (Wildman–Crippen MR) is 77.4 cm³/mol. The Hall–Kier alpha value is -1.22. The standard InChI is InChI=1S/C16H25NO2/c1-11-4-3-5-13(7-6-11)17-12(2)15-9-8-14(18)10-16(15)19/h8-13,17-19H,3-7H2,1-2H3. The molecule has 0 bridgehead atoms. The topological polar surface area (TPSA) is 52.5 Å². The summed E-state index contributed by atoms with van der Waals surface area (Å²) in [6.07, 6.45) is 6.33. The van der Waals surface area contributed by atoms with Crippen LogP contribution in [0.1, 0.15) is 57.6 Å². The van der Waals surface area contributed by atoms with Gasteiger partial charge in [0, 0.05) is 23.7 Å². The van der Waals surface area contributed by atoms with E-state index in [9.17, 15) is 10.2 Å². The largest absolute Gasteiger partial charge is 0.508 e. The molecule has 0 heterocycles. The molecule has 3 unspecified atom stereocenters. The molecule has 1 aliphatic rings. The summed E-state index contributed by atoms with van der Waals surface area (Å²) in [7, 11) is 0. The first kappa shape index (κ1) is 14.2. The van der Waals surface area contributed by atoms with Crippen LogP contribution in [-0.4, -0.2) is 16.3 Å². The molecular formula is C16H25NO2. The Labute approximate surface area is 115 Å². The molecule has 1 saturated carbocycles. The average molecular weight is 263 g/mol. The Morgan fingerprint density at radius 3 is 2.68 bits per heavy atom. The highest BCUT2D eigenvalue weighted by atomic mass is 16.3. The zero-order valence-corrected chi connectivity index (χ0v) is 11.9. The molecule has 1 fully saturated rings. The number of nitrogens with one attached hydrogen (secondary N) is 1. The molecule has 0 radical (unpaired) electrons. The fourth-order valence-corrected chi connectivity index (χ4v) is 3.00. The average Bonchev–Trinajstić information content (AvgIpc) is 2.54. The van der Waals surface area contributed by atoms with Gasteiger partial charge in [0.2, 0.25) is 0 Å². The normalized spacial score (nSPS) is 25.8. The lowest BCUT2D eigenvalue weighted by atomic mass is 10.0. The van der Waals surface area contributed by atoms with Gasteiger partial charge in [-0.2, -0.15) is 0 Å². The van der Waals surface area contributed by atoms with E-state index in [2.05, 4.69) is 19.2 Å². The van der Waals surface area contributed by atoms with E-state index in [0.717, 1.165) is 11.5 Å². The quantitative estimate of drug-likeness (QED) is 0.729. The molecule has 0 spiro atoms. The second-order valence-corrected chi connectivity index (χ2v) is 5.94. The smallest absolute Gasteiger partial charge is 0.124 e. The summed E-state index contributed by atoms with van der Waals surface area (Å²) in [6.45, 7) is 4.40. The molecule has 19 heavy (non-hydrogen) atoms. The van der Waals surface area contributed by atoms with Crippen molar-refractivity contribution in [3.8, 4) is 11.5 Å². The minimum absolute atomic E-state index is 0.108. The van der Waals surface area contributed by atoms with Gasteiger partial charge in [0.1, 0.15) is 11.5 Å². The van der Waals surface area contributed by atoms with Crippen LogP contribution in [-0.2, 0) is 0 Å². The summed E-state index contributed by atoms with van der Waals surface area (Å²) in [6, 6.07) is 5.47. The third-order valence-corrected chi connectivity index (χ3v) is 4.22. The first-order valence-corrected chi connectivity index (χ1v) is 7.34. The number of aromatic hydroxyl groups is 2. The first-order valence-electron chi connectivity index (χ1n) is 7.34. The van der Waals surface area contributed by atoms with Gasteiger partial charge >= 0.3 is 0 Å². The van der Waals surface area contributed by atoms with Crippen molar-refractivity contribution in [1.82, 2.24) is 5.32 Å². The van der Waals surface area contributed by atoms with Crippen LogP contribution in [0.3, 0.4) is 0 Å². The van der Waals surface area contributed by atoms with Crippen molar-refractivity contribution in [1.29, 1.82) is 0 Å². The number of benzene rings is 1. The highest BCUT2D eigenvalue weighted by molar-refractivity contribution is 5.40. The van der Waals surface area contributed by atoms with Crippen molar-refractivity contribution in [2.24, 2.45) is 5.92 Å². The number of phenols is 2. The van der Waals surface area contributed by atoms with Gasteiger partial charge < -0.3 is 15.5 Å². The van der Waals surface area contributed by atoms with Gasteiger partial charge in [-0.25, -0.2) is 0 Å². The molecule has 0 saturated heterocycles. The molecule has 1 aromatic carbocycles. The second kappa shape index (κ2) is 6.29. The number of hydrogen-bond acceptors (Lipinski definition) is 3. The Bertz CT molecular complexity index is 419. The maximum Gasteiger partial charge on any atom is 0.124 e. The number of hydrogen-bond donors (Lipinski definition) is 3. The van der Waals surface area contributed by atoms with Crippen LogP contribution in [0.15, 0.2) is 18.2 Å². The molecule has 0 aromatic heterocycles. The molecular weight excluding hydrogens is 238 g/mol. The van der Waals surface area contributed by atoms with Crippen molar-refractivity contribution in [3.05, 3.63) is 23.8 Å². The lowest BCUT2D eigenvalue weighted by Gasteiger charge is -2.23. The summed E-state index contributed by atoms with van der Waals surface area (Å²) in [4.78, 5) is 0. The lowest BCUT2D eigenvalue weighted by Crippen LogP contribution is -2.31. The summed E-state index contributed by atoms with van der Waals surface area (Å²) in [5.74, 6) is 1.11. The van der Waals surface area contributed by atoms with E-state index in [-0.39, 0.29) is 17.5 Å². The van der Waals surface area contributed by atoms with E-state index in [1.165, 1.54) is 38.2 Å². The molecule has 106 valence electrons. The Morgan fingerprint density at radius 1 is 1.16 bits per heavy atom. The van der Waals surface area contributed by atoms with Crippen LogP contribution in [0.2, 0.25) is 0 Å². The maximum absolute atomic E-state index is 9.89. The van der Waals surface area contributed by atoms with E-state index in [1.54, 1.807) is 12.1 Å². The van der Waals surface area contributed by atoms with Gasteiger partial charge in [0.25, 0.3) is 0 Å². The van der Waals surface area contributed by atoms with E-state index < -0.39 is 0 Å².